The van der Waals surface area contributed by atoms with Crippen molar-refractivity contribution in [1.82, 2.24) is 0 Å². The number of aliphatic imine (C=N–C) groups is 1. The highest BCUT2D eigenvalue weighted by molar-refractivity contribution is 5.75. The fraction of sp³-hybridized carbons (Fsp3) is 0.714. The molecule has 0 aliphatic carbocycles. The zero-order valence-electron chi connectivity index (χ0n) is 13.3. The highest BCUT2D eigenvalue weighted by Gasteiger charge is 2.53. The van der Waals surface area contributed by atoms with E-state index in [-0.39, 0.29) is 6.61 Å². The summed E-state index contributed by atoms with van der Waals surface area (Å²) in [5, 5.41) is 0. The van der Waals surface area contributed by atoms with E-state index in [1.54, 1.807) is 6.92 Å². The second-order valence-electron chi connectivity index (χ2n) is 5.25. The Balaban J connectivity index is 2.26. The molecule has 2 unspecified atom stereocenters. The molecule has 2 rings (SSSR count). The number of ether oxygens (including phenoxy) is 5. The number of carbonyl (C=O) groups is 3. The van der Waals surface area contributed by atoms with Gasteiger partial charge in [0.25, 0.3) is 0 Å². The zero-order chi connectivity index (χ0) is 17.1. The van der Waals surface area contributed by atoms with Crippen LogP contribution in [0.1, 0.15) is 27.7 Å². The number of rotatable bonds is 4. The molecule has 0 saturated carbocycles. The van der Waals surface area contributed by atoms with Crippen molar-refractivity contribution in [3.8, 4) is 0 Å². The van der Waals surface area contributed by atoms with Crippen LogP contribution in [0.2, 0.25) is 0 Å². The standard InChI is InChI=1S/C14H19NO8/c1-6-15-11-13(22-9(4)18)12(21-8(3)17)10(5-19-7(2)16)23-14(11)20-6/h10-14H,5H2,1-4H3/t10?,11?,12-,13-,14+/m1/s1. The first-order valence-electron chi connectivity index (χ1n) is 7.12. The Hall–Kier alpha value is -2.16. The van der Waals surface area contributed by atoms with Crippen LogP contribution in [-0.2, 0) is 38.1 Å². The summed E-state index contributed by atoms with van der Waals surface area (Å²) in [4.78, 5) is 38.1. The van der Waals surface area contributed by atoms with Gasteiger partial charge in [0.1, 0.15) is 12.7 Å². The van der Waals surface area contributed by atoms with Gasteiger partial charge in [-0.2, -0.15) is 0 Å². The Bertz CT molecular complexity index is 531. The molecule has 0 radical (unpaired) electrons. The van der Waals surface area contributed by atoms with Crippen LogP contribution in [0.25, 0.3) is 0 Å². The monoisotopic (exact) mass is 329 g/mol. The summed E-state index contributed by atoms with van der Waals surface area (Å²) >= 11 is 0. The first kappa shape index (κ1) is 17.2. The lowest BCUT2D eigenvalue weighted by Crippen LogP contribution is -2.60. The smallest absolute Gasteiger partial charge is 0.303 e. The largest absolute Gasteiger partial charge is 0.463 e. The van der Waals surface area contributed by atoms with Gasteiger partial charge in [0.05, 0.1) is 0 Å². The lowest BCUT2D eigenvalue weighted by Gasteiger charge is -2.40. The molecule has 9 nitrogen and oxygen atoms in total. The Morgan fingerprint density at radius 1 is 1.04 bits per heavy atom. The number of hydrogen-bond acceptors (Lipinski definition) is 9. The van der Waals surface area contributed by atoms with Crippen molar-refractivity contribution >= 4 is 23.8 Å². The lowest BCUT2D eigenvalue weighted by atomic mass is 9.97. The van der Waals surface area contributed by atoms with E-state index in [1.165, 1.54) is 20.8 Å². The van der Waals surface area contributed by atoms with Gasteiger partial charge in [-0.15, -0.1) is 0 Å². The fourth-order valence-electron chi connectivity index (χ4n) is 2.53. The normalized spacial score (nSPS) is 32.2. The first-order valence-corrected chi connectivity index (χ1v) is 7.12. The Morgan fingerprint density at radius 3 is 2.22 bits per heavy atom. The van der Waals surface area contributed by atoms with Crippen molar-refractivity contribution in [2.45, 2.75) is 58.3 Å². The number of nitrogens with zero attached hydrogens (tertiary/aromatic N) is 1. The molecule has 0 N–H and O–H groups in total. The van der Waals surface area contributed by atoms with Crippen LogP contribution in [0.5, 0.6) is 0 Å². The van der Waals surface area contributed by atoms with E-state index in [9.17, 15) is 14.4 Å². The Kier molecular flexibility index (Phi) is 5.19. The number of esters is 3. The van der Waals surface area contributed by atoms with Crippen molar-refractivity contribution in [1.29, 1.82) is 0 Å². The lowest BCUT2D eigenvalue weighted by molar-refractivity contribution is -0.249. The maximum atomic E-state index is 11.4. The Labute approximate surface area is 132 Å². The molecule has 2 aliphatic heterocycles. The third-order valence-corrected chi connectivity index (χ3v) is 3.29. The summed E-state index contributed by atoms with van der Waals surface area (Å²) in [5.74, 6) is -1.28. The maximum Gasteiger partial charge on any atom is 0.303 e. The third-order valence-electron chi connectivity index (χ3n) is 3.29. The summed E-state index contributed by atoms with van der Waals surface area (Å²) in [6.45, 7) is 5.17. The van der Waals surface area contributed by atoms with Gasteiger partial charge in [0.2, 0.25) is 6.29 Å². The molecule has 2 aliphatic rings. The van der Waals surface area contributed by atoms with Gasteiger partial charge < -0.3 is 23.7 Å². The molecule has 0 aromatic rings. The van der Waals surface area contributed by atoms with Gasteiger partial charge in [-0.1, -0.05) is 0 Å². The van der Waals surface area contributed by atoms with Crippen molar-refractivity contribution in [3.05, 3.63) is 0 Å². The molecule has 0 aromatic heterocycles. The first-order chi connectivity index (χ1) is 10.8. The molecule has 0 spiro atoms. The predicted octanol–water partition coefficient (Wildman–Crippen LogP) is -0.0450. The molecular weight excluding hydrogens is 310 g/mol. The molecule has 0 aromatic carbocycles. The van der Waals surface area contributed by atoms with E-state index in [0.29, 0.717) is 5.90 Å². The summed E-state index contributed by atoms with van der Waals surface area (Å²) in [6, 6.07) is -0.656. The average Bonchev–Trinajstić information content (AvgIpc) is 2.78. The van der Waals surface area contributed by atoms with Gasteiger partial charge in [-0.3, -0.25) is 14.4 Å². The van der Waals surface area contributed by atoms with Gasteiger partial charge in [-0.05, 0) is 0 Å². The number of fused-ring (bicyclic) bond motifs is 1. The van der Waals surface area contributed by atoms with Crippen LogP contribution < -0.4 is 0 Å². The van der Waals surface area contributed by atoms with Crippen LogP contribution in [0, 0.1) is 0 Å². The van der Waals surface area contributed by atoms with E-state index >= 15 is 0 Å². The number of carbonyl (C=O) groups excluding carboxylic acids is 3. The van der Waals surface area contributed by atoms with Gasteiger partial charge in [-0.25, -0.2) is 4.99 Å². The van der Waals surface area contributed by atoms with Gasteiger partial charge in [0, 0.05) is 27.7 Å². The average molecular weight is 329 g/mol. The fourth-order valence-corrected chi connectivity index (χ4v) is 2.53. The molecule has 0 bridgehead atoms. The highest BCUT2D eigenvalue weighted by Crippen LogP contribution is 2.32. The molecule has 1 saturated heterocycles. The van der Waals surface area contributed by atoms with Gasteiger partial charge in [0.15, 0.2) is 24.1 Å². The molecule has 23 heavy (non-hydrogen) atoms. The van der Waals surface area contributed by atoms with Crippen molar-refractivity contribution in [2.75, 3.05) is 6.61 Å². The zero-order valence-corrected chi connectivity index (χ0v) is 13.3. The van der Waals surface area contributed by atoms with E-state index in [4.69, 9.17) is 23.7 Å². The number of hydrogen-bond donors (Lipinski definition) is 0. The molecule has 128 valence electrons. The minimum absolute atomic E-state index is 0.170. The van der Waals surface area contributed by atoms with Gasteiger partial charge >= 0.3 is 17.9 Å². The minimum Gasteiger partial charge on any atom is -0.463 e. The molecular formula is C14H19NO8. The summed E-state index contributed by atoms with van der Waals surface area (Å²) < 4.78 is 26.5. The molecule has 0 amide bonds. The second-order valence-corrected chi connectivity index (χ2v) is 5.25. The van der Waals surface area contributed by atoms with E-state index in [2.05, 4.69) is 4.99 Å². The predicted molar refractivity (Wildman–Crippen MR) is 74.4 cm³/mol. The summed E-state index contributed by atoms with van der Waals surface area (Å²) in [5.41, 5.74) is 0. The van der Waals surface area contributed by atoms with Crippen LogP contribution in [0.4, 0.5) is 0 Å². The van der Waals surface area contributed by atoms with E-state index in [0.717, 1.165) is 0 Å². The van der Waals surface area contributed by atoms with E-state index < -0.39 is 48.6 Å². The maximum absolute atomic E-state index is 11.4. The molecule has 9 heteroatoms. The minimum atomic E-state index is -0.963. The van der Waals surface area contributed by atoms with Crippen LogP contribution >= 0.6 is 0 Å². The van der Waals surface area contributed by atoms with Crippen LogP contribution in [0.15, 0.2) is 4.99 Å². The van der Waals surface area contributed by atoms with Crippen molar-refractivity contribution in [2.24, 2.45) is 4.99 Å². The Morgan fingerprint density at radius 2 is 1.65 bits per heavy atom. The molecule has 1 fully saturated rings. The quantitative estimate of drug-likeness (QED) is 0.522. The highest BCUT2D eigenvalue weighted by atomic mass is 16.7. The topological polar surface area (TPSA) is 110 Å². The van der Waals surface area contributed by atoms with E-state index in [1.807, 2.05) is 0 Å². The summed E-state index contributed by atoms with van der Waals surface area (Å²) in [7, 11) is 0. The summed E-state index contributed by atoms with van der Waals surface area (Å²) in [6.07, 6.45) is -3.50. The van der Waals surface area contributed by atoms with Crippen LogP contribution in [0.3, 0.4) is 0 Å². The third kappa shape index (κ3) is 4.19. The second kappa shape index (κ2) is 6.95. The molecule has 2 heterocycles. The van der Waals surface area contributed by atoms with Crippen molar-refractivity contribution in [3.63, 3.8) is 0 Å². The van der Waals surface area contributed by atoms with Crippen molar-refractivity contribution < 1.29 is 38.1 Å². The van der Waals surface area contributed by atoms with Crippen LogP contribution in [-0.4, -0.2) is 61.1 Å². The SMILES string of the molecule is CC(=O)OCC1O[C@@H]2OC(C)=NC2[C@@H](OC(C)=O)[C@@H]1OC(C)=O. The molecule has 5 atom stereocenters.